The number of quaternary nitrogens is 1. The molecule has 3 heteroatoms. The van der Waals surface area contributed by atoms with E-state index >= 15 is 0 Å². The molecule has 0 aromatic rings. The van der Waals surface area contributed by atoms with Crippen molar-refractivity contribution >= 4 is 5.91 Å². The molecule has 0 saturated carbocycles. The van der Waals surface area contributed by atoms with Crippen molar-refractivity contribution in [2.75, 3.05) is 0 Å². The molecule has 0 atom stereocenters. The van der Waals surface area contributed by atoms with E-state index in [1.165, 1.54) is 89.9 Å². The van der Waals surface area contributed by atoms with Crippen molar-refractivity contribution in [1.82, 2.24) is 0 Å². The molecular formula is C18H38BrNO. The Balaban J connectivity index is 0. The van der Waals surface area contributed by atoms with Crippen molar-refractivity contribution in [3.63, 3.8) is 0 Å². The zero-order valence-corrected chi connectivity index (χ0v) is 15.9. The van der Waals surface area contributed by atoms with E-state index in [1.807, 2.05) is 0 Å². The Labute approximate surface area is 143 Å². The summed E-state index contributed by atoms with van der Waals surface area (Å²) in [6.45, 7) is 2.28. The van der Waals surface area contributed by atoms with Crippen molar-refractivity contribution in [2.24, 2.45) is 0 Å². The molecule has 0 heterocycles. The first-order chi connectivity index (χ1) is 9.77. The van der Waals surface area contributed by atoms with Gasteiger partial charge < -0.3 is 17.0 Å². The van der Waals surface area contributed by atoms with Crippen LogP contribution < -0.4 is 22.7 Å². The van der Waals surface area contributed by atoms with Gasteiger partial charge in [-0.15, -0.1) is 0 Å². The van der Waals surface area contributed by atoms with E-state index < -0.39 is 0 Å². The van der Waals surface area contributed by atoms with Gasteiger partial charge >= 0.3 is 5.91 Å². The molecule has 0 spiro atoms. The molecule has 0 aromatic heterocycles. The quantitative estimate of drug-likeness (QED) is 0.419. The Morgan fingerprint density at radius 2 is 0.905 bits per heavy atom. The molecule has 0 aliphatic heterocycles. The molecule has 0 rings (SSSR count). The van der Waals surface area contributed by atoms with Gasteiger partial charge in [0.05, 0.1) is 6.42 Å². The number of carbonyl (C=O) groups excluding carboxylic acids is 1. The van der Waals surface area contributed by atoms with Crippen LogP contribution >= 0.6 is 0 Å². The Hall–Kier alpha value is 0.110. The zero-order valence-electron chi connectivity index (χ0n) is 14.3. The van der Waals surface area contributed by atoms with Gasteiger partial charge in [0, 0.05) is 0 Å². The molecule has 0 radical (unpaired) electrons. The predicted molar refractivity (Wildman–Crippen MR) is 87.4 cm³/mol. The fourth-order valence-corrected chi connectivity index (χ4v) is 2.69. The molecule has 0 saturated heterocycles. The Morgan fingerprint density at radius 1 is 0.619 bits per heavy atom. The minimum Gasteiger partial charge on any atom is -1.00 e. The highest BCUT2D eigenvalue weighted by atomic mass is 79.9. The lowest BCUT2D eigenvalue weighted by Crippen LogP contribution is -3.00. The average molecular weight is 364 g/mol. The van der Waals surface area contributed by atoms with Crippen molar-refractivity contribution in [1.29, 1.82) is 0 Å². The monoisotopic (exact) mass is 363 g/mol. The summed E-state index contributed by atoms with van der Waals surface area (Å²) in [7, 11) is 0. The summed E-state index contributed by atoms with van der Waals surface area (Å²) in [6, 6.07) is 0. The van der Waals surface area contributed by atoms with Crippen LogP contribution in [-0.4, -0.2) is 5.91 Å². The minimum atomic E-state index is 0. The van der Waals surface area contributed by atoms with E-state index in [2.05, 4.69) is 12.7 Å². The topological polar surface area (TPSA) is 44.7 Å². The Kier molecular flexibility index (Phi) is 22.4. The van der Waals surface area contributed by atoms with Crippen LogP contribution in [0.2, 0.25) is 0 Å². The maximum atomic E-state index is 10.7. The number of halogens is 1. The third-order valence-corrected chi connectivity index (χ3v) is 4.06. The van der Waals surface area contributed by atoms with Gasteiger partial charge in [0.1, 0.15) is 0 Å². The predicted octanol–water partition coefficient (Wildman–Crippen LogP) is 2.02. The second kappa shape index (κ2) is 20.1. The highest BCUT2D eigenvalue weighted by molar-refractivity contribution is 5.63. The molecule has 0 bridgehead atoms. The van der Waals surface area contributed by atoms with Crippen LogP contribution in [0, 0.1) is 0 Å². The summed E-state index contributed by atoms with van der Waals surface area (Å²) in [5.74, 6) is 0.0969. The van der Waals surface area contributed by atoms with Crippen LogP contribution in [0.5, 0.6) is 0 Å². The normalized spacial score (nSPS) is 10.4. The van der Waals surface area contributed by atoms with Crippen molar-refractivity contribution in [3.8, 4) is 0 Å². The summed E-state index contributed by atoms with van der Waals surface area (Å²) < 4.78 is 0. The van der Waals surface area contributed by atoms with E-state index in [-0.39, 0.29) is 22.9 Å². The number of hydrogen-bond donors (Lipinski definition) is 1. The summed E-state index contributed by atoms with van der Waals surface area (Å²) >= 11 is 0. The molecule has 3 N–H and O–H groups in total. The maximum absolute atomic E-state index is 10.7. The first-order valence-electron chi connectivity index (χ1n) is 9.12. The largest absolute Gasteiger partial charge is 1.00 e. The number of amides is 1. The highest BCUT2D eigenvalue weighted by Gasteiger charge is 1.97. The molecule has 1 amide bonds. The van der Waals surface area contributed by atoms with Gasteiger partial charge in [-0.1, -0.05) is 96.8 Å². The Bertz CT molecular complexity index is 209. The summed E-state index contributed by atoms with van der Waals surface area (Å²) in [5.41, 5.74) is 3.40. The zero-order chi connectivity index (χ0) is 14.9. The second-order valence-electron chi connectivity index (χ2n) is 6.24. The SMILES string of the molecule is CCCCCCCCCCCCCCCCCC([NH3+])=O.[Br-]. The van der Waals surface area contributed by atoms with Gasteiger partial charge in [-0.3, -0.25) is 5.73 Å². The van der Waals surface area contributed by atoms with Crippen LogP contribution in [-0.2, 0) is 4.79 Å². The van der Waals surface area contributed by atoms with Crippen molar-refractivity contribution in [2.45, 2.75) is 110 Å². The molecule has 0 aromatic carbocycles. The molecule has 0 aliphatic carbocycles. The third-order valence-electron chi connectivity index (χ3n) is 4.06. The molecule has 0 aliphatic rings. The fraction of sp³-hybridized carbons (Fsp3) is 0.944. The maximum Gasteiger partial charge on any atom is 0.308 e. The molecule has 128 valence electrons. The van der Waals surface area contributed by atoms with Crippen LogP contribution in [0.1, 0.15) is 110 Å². The number of carbonyl (C=O) groups is 1. The second-order valence-corrected chi connectivity index (χ2v) is 6.24. The lowest BCUT2D eigenvalue weighted by atomic mass is 10.0. The van der Waals surface area contributed by atoms with Gasteiger partial charge in [0.15, 0.2) is 0 Å². The first kappa shape index (κ1) is 23.4. The van der Waals surface area contributed by atoms with Crippen molar-refractivity contribution in [3.05, 3.63) is 0 Å². The van der Waals surface area contributed by atoms with Crippen LogP contribution in [0.3, 0.4) is 0 Å². The smallest absolute Gasteiger partial charge is 0.308 e. The van der Waals surface area contributed by atoms with Gasteiger partial charge in [0.25, 0.3) is 0 Å². The minimum absolute atomic E-state index is 0. The van der Waals surface area contributed by atoms with E-state index in [0.29, 0.717) is 6.42 Å². The molecular weight excluding hydrogens is 326 g/mol. The van der Waals surface area contributed by atoms with Gasteiger partial charge in [0.2, 0.25) is 0 Å². The Morgan fingerprint density at radius 3 is 1.19 bits per heavy atom. The van der Waals surface area contributed by atoms with Crippen LogP contribution in [0.15, 0.2) is 0 Å². The summed E-state index contributed by atoms with van der Waals surface area (Å²) in [4.78, 5) is 10.7. The molecule has 2 nitrogen and oxygen atoms in total. The van der Waals surface area contributed by atoms with Crippen molar-refractivity contribution < 1.29 is 27.5 Å². The highest BCUT2D eigenvalue weighted by Crippen LogP contribution is 2.13. The fourth-order valence-electron chi connectivity index (χ4n) is 2.69. The lowest BCUT2D eigenvalue weighted by Gasteiger charge is -2.03. The van der Waals surface area contributed by atoms with Crippen LogP contribution in [0.25, 0.3) is 0 Å². The van der Waals surface area contributed by atoms with E-state index in [4.69, 9.17) is 0 Å². The molecule has 21 heavy (non-hydrogen) atoms. The lowest BCUT2D eigenvalue weighted by molar-refractivity contribution is -0.305. The molecule has 0 fully saturated rings. The summed E-state index contributed by atoms with van der Waals surface area (Å²) in [5, 5.41) is 0. The standard InChI is InChI=1S/C18H37NO.BrH/c1-2-3-4-5-6-7-8-9-10-11-12-13-14-15-16-17-18(19)20;/h2-17H2,1H3,(H2,19,20);1H. The van der Waals surface area contributed by atoms with E-state index in [9.17, 15) is 4.79 Å². The van der Waals surface area contributed by atoms with Gasteiger partial charge in [-0.05, 0) is 6.42 Å². The number of unbranched alkanes of at least 4 members (excludes halogenated alkanes) is 14. The van der Waals surface area contributed by atoms with E-state index in [1.54, 1.807) is 0 Å². The number of hydrogen-bond acceptors (Lipinski definition) is 1. The first-order valence-corrected chi connectivity index (χ1v) is 9.12. The summed E-state index contributed by atoms with van der Waals surface area (Å²) in [6.07, 6.45) is 21.2. The van der Waals surface area contributed by atoms with Gasteiger partial charge in [-0.25, -0.2) is 4.79 Å². The third kappa shape index (κ3) is 22.5. The van der Waals surface area contributed by atoms with E-state index in [0.717, 1.165) is 6.42 Å². The number of rotatable bonds is 16. The average Bonchev–Trinajstić information content (AvgIpc) is 2.43. The molecule has 0 unspecified atom stereocenters. The van der Waals surface area contributed by atoms with Crippen LogP contribution in [0.4, 0.5) is 0 Å². The van der Waals surface area contributed by atoms with Gasteiger partial charge in [-0.2, -0.15) is 0 Å².